The highest BCUT2D eigenvalue weighted by atomic mass is 16.2. The average molecular weight is 391 g/mol. The quantitative estimate of drug-likeness (QED) is 0.712. The molecule has 1 aliphatic heterocycles. The van der Waals surface area contributed by atoms with Gasteiger partial charge in [0.15, 0.2) is 0 Å². The zero-order valence-electron chi connectivity index (χ0n) is 16.4. The fourth-order valence-corrected chi connectivity index (χ4v) is 4.06. The van der Waals surface area contributed by atoms with Gasteiger partial charge in [-0.05, 0) is 36.3 Å². The Balaban J connectivity index is 1.49. The summed E-state index contributed by atoms with van der Waals surface area (Å²) in [4.78, 5) is 39.5. The summed E-state index contributed by atoms with van der Waals surface area (Å²) >= 11 is 0. The minimum atomic E-state index is -1.12. The van der Waals surface area contributed by atoms with Crippen molar-refractivity contribution in [2.45, 2.75) is 37.8 Å². The highest BCUT2D eigenvalue weighted by Gasteiger charge is 2.51. The molecule has 150 valence electrons. The number of carbonyl (C=O) groups excluding carboxylic acids is 3. The number of hydrogen-bond donors (Lipinski definition) is 2. The number of imide groups is 1. The molecular formula is C23H25N3O3. The van der Waals surface area contributed by atoms with E-state index in [1.165, 1.54) is 0 Å². The number of carbonyl (C=O) groups is 3. The number of urea groups is 1. The third-order valence-corrected chi connectivity index (χ3v) is 5.84. The molecule has 1 saturated carbocycles. The van der Waals surface area contributed by atoms with Gasteiger partial charge >= 0.3 is 6.03 Å². The third-order valence-electron chi connectivity index (χ3n) is 5.84. The van der Waals surface area contributed by atoms with Crippen LogP contribution >= 0.6 is 0 Å². The standard InChI is InChI=1S/C23H25N3O3/c1-2-23(18-11-7-4-8-12-18)21(28)26(22(29)25-23)15-19(27)24-20(17-13-14-17)16-9-5-3-6-10-16/h3-12,17,20H,2,13-15H2,1H3,(H,24,27)(H,25,29). The first-order chi connectivity index (χ1) is 14.0. The predicted molar refractivity (Wildman–Crippen MR) is 109 cm³/mol. The van der Waals surface area contributed by atoms with E-state index in [4.69, 9.17) is 0 Å². The maximum Gasteiger partial charge on any atom is 0.325 e. The Morgan fingerprint density at radius 3 is 2.31 bits per heavy atom. The normalized spacial score (nSPS) is 22.3. The Bertz CT molecular complexity index is 911. The Morgan fingerprint density at radius 2 is 1.72 bits per heavy atom. The molecule has 1 saturated heterocycles. The maximum atomic E-state index is 13.2. The third kappa shape index (κ3) is 3.62. The van der Waals surface area contributed by atoms with E-state index in [0.29, 0.717) is 12.3 Å². The number of benzene rings is 2. The summed E-state index contributed by atoms with van der Waals surface area (Å²) in [5.41, 5.74) is 0.658. The first-order valence-corrected chi connectivity index (χ1v) is 10.1. The van der Waals surface area contributed by atoms with E-state index in [1.54, 1.807) is 0 Å². The largest absolute Gasteiger partial charge is 0.347 e. The van der Waals surface area contributed by atoms with E-state index in [-0.39, 0.29) is 24.4 Å². The number of hydrogen-bond acceptors (Lipinski definition) is 3. The summed E-state index contributed by atoms with van der Waals surface area (Å²) in [7, 11) is 0. The molecule has 0 radical (unpaired) electrons. The predicted octanol–water partition coefficient (Wildman–Crippen LogP) is 3.11. The van der Waals surface area contributed by atoms with Gasteiger partial charge in [-0.1, -0.05) is 67.6 Å². The van der Waals surface area contributed by atoms with Crippen molar-refractivity contribution in [3.8, 4) is 0 Å². The van der Waals surface area contributed by atoms with E-state index in [9.17, 15) is 14.4 Å². The van der Waals surface area contributed by atoms with Crippen molar-refractivity contribution in [1.82, 2.24) is 15.5 Å². The molecule has 0 bridgehead atoms. The first kappa shape index (κ1) is 19.2. The summed E-state index contributed by atoms with van der Waals surface area (Å²) in [6.07, 6.45) is 2.54. The van der Waals surface area contributed by atoms with Crippen LogP contribution in [-0.4, -0.2) is 29.3 Å². The Hall–Kier alpha value is -3.15. The molecule has 2 aromatic carbocycles. The maximum absolute atomic E-state index is 13.2. The van der Waals surface area contributed by atoms with E-state index in [0.717, 1.165) is 28.9 Å². The van der Waals surface area contributed by atoms with E-state index < -0.39 is 11.6 Å². The van der Waals surface area contributed by atoms with Gasteiger partial charge in [0.1, 0.15) is 12.1 Å². The van der Waals surface area contributed by atoms with Gasteiger partial charge in [0.05, 0.1) is 6.04 Å². The average Bonchev–Trinajstić information content (AvgIpc) is 3.56. The molecule has 2 unspecified atom stereocenters. The van der Waals surface area contributed by atoms with Crippen molar-refractivity contribution in [2.75, 3.05) is 6.54 Å². The summed E-state index contributed by atoms with van der Waals surface area (Å²) < 4.78 is 0. The lowest BCUT2D eigenvalue weighted by Gasteiger charge is -2.26. The highest BCUT2D eigenvalue weighted by Crippen LogP contribution is 2.41. The van der Waals surface area contributed by atoms with E-state index in [2.05, 4.69) is 10.6 Å². The van der Waals surface area contributed by atoms with Gasteiger partial charge in [-0.15, -0.1) is 0 Å². The van der Waals surface area contributed by atoms with Crippen LogP contribution in [0.4, 0.5) is 4.79 Å². The lowest BCUT2D eigenvalue weighted by molar-refractivity contribution is -0.135. The summed E-state index contributed by atoms with van der Waals surface area (Å²) in [6.45, 7) is 1.57. The smallest absolute Gasteiger partial charge is 0.325 e. The van der Waals surface area contributed by atoms with Gasteiger partial charge in [0, 0.05) is 0 Å². The van der Waals surface area contributed by atoms with Gasteiger partial charge in [-0.25, -0.2) is 4.79 Å². The Morgan fingerprint density at radius 1 is 1.10 bits per heavy atom. The second-order valence-electron chi connectivity index (χ2n) is 7.74. The van der Waals surface area contributed by atoms with Crippen LogP contribution in [-0.2, 0) is 15.1 Å². The van der Waals surface area contributed by atoms with E-state index >= 15 is 0 Å². The fraction of sp³-hybridized carbons (Fsp3) is 0.348. The minimum Gasteiger partial charge on any atom is -0.347 e. The summed E-state index contributed by atoms with van der Waals surface area (Å²) in [5, 5.41) is 5.85. The van der Waals surface area contributed by atoms with Crippen molar-refractivity contribution >= 4 is 17.8 Å². The second kappa shape index (κ2) is 7.70. The summed E-state index contributed by atoms with van der Waals surface area (Å²) in [6, 6.07) is 18.4. The molecule has 0 spiro atoms. The number of nitrogens with zero attached hydrogens (tertiary/aromatic N) is 1. The molecule has 1 heterocycles. The van der Waals surface area contributed by atoms with E-state index in [1.807, 2.05) is 67.6 Å². The van der Waals surface area contributed by atoms with Crippen molar-refractivity contribution in [2.24, 2.45) is 5.92 Å². The number of amides is 4. The van der Waals surface area contributed by atoms with Crippen LogP contribution in [0.2, 0.25) is 0 Å². The van der Waals surface area contributed by atoms with Gasteiger partial charge in [-0.3, -0.25) is 14.5 Å². The van der Waals surface area contributed by atoms with Gasteiger partial charge in [0.2, 0.25) is 5.91 Å². The second-order valence-corrected chi connectivity index (χ2v) is 7.74. The Labute approximate surface area is 170 Å². The SMILES string of the molecule is CCC1(c2ccccc2)NC(=O)N(CC(=O)NC(c2ccccc2)C2CC2)C1=O. The van der Waals surface area contributed by atoms with Crippen molar-refractivity contribution in [3.63, 3.8) is 0 Å². The monoisotopic (exact) mass is 391 g/mol. The molecule has 2 aliphatic rings. The van der Waals surface area contributed by atoms with Crippen LogP contribution in [0.1, 0.15) is 43.4 Å². The molecule has 29 heavy (non-hydrogen) atoms. The van der Waals surface area contributed by atoms with Crippen LogP contribution < -0.4 is 10.6 Å². The van der Waals surface area contributed by atoms with Crippen LogP contribution in [0.3, 0.4) is 0 Å². The van der Waals surface area contributed by atoms with Crippen LogP contribution in [0, 0.1) is 5.92 Å². The minimum absolute atomic E-state index is 0.0884. The van der Waals surface area contributed by atoms with Crippen molar-refractivity contribution in [1.29, 1.82) is 0 Å². The molecule has 6 nitrogen and oxygen atoms in total. The van der Waals surface area contributed by atoms with Gasteiger partial charge in [0.25, 0.3) is 5.91 Å². The molecule has 2 fully saturated rings. The molecule has 4 rings (SSSR count). The van der Waals surface area contributed by atoms with Crippen LogP contribution in [0.15, 0.2) is 60.7 Å². The van der Waals surface area contributed by atoms with Gasteiger partial charge in [-0.2, -0.15) is 0 Å². The fourth-order valence-electron chi connectivity index (χ4n) is 4.06. The molecule has 1 aliphatic carbocycles. The lowest BCUT2D eigenvalue weighted by Crippen LogP contribution is -2.45. The molecule has 2 aromatic rings. The molecule has 4 amide bonds. The van der Waals surface area contributed by atoms with Crippen LogP contribution in [0.5, 0.6) is 0 Å². The molecule has 6 heteroatoms. The zero-order valence-corrected chi connectivity index (χ0v) is 16.4. The number of nitrogens with one attached hydrogen (secondary N) is 2. The van der Waals surface area contributed by atoms with Crippen molar-refractivity contribution < 1.29 is 14.4 Å². The zero-order chi connectivity index (χ0) is 20.4. The molecule has 2 atom stereocenters. The topological polar surface area (TPSA) is 78.5 Å². The summed E-state index contributed by atoms with van der Waals surface area (Å²) in [5.74, 6) is -0.299. The Kier molecular flexibility index (Phi) is 5.09. The number of rotatable bonds is 7. The van der Waals surface area contributed by atoms with Gasteiger partial charge < -0.3 is 10.6 Å². The first-order valence-electron chi connectivity index (χ1n) is 10.1. The molecular weight excluding hydrogens is 366 g/mol. The lowest BCUT2D eigenvalue weighted by atomic mass is 9.87. The molecule has 0 aromatic heterocycles. The van der Waals surface area contributed by atoms with Crippen molar-refractivity contribution in [3.05, 3.63) is 71.8 Å². The highest BCUT2D eigenvalue weighted by molar-refractivity contribution is 6.09. The molecule has 2 N–H and O–H groups in total. The van der Waals surface area contributed by atoms with Crippen LogP contribution in [0.25, 0.3) is 0 Å².